The second kappa shape index (κ2) is 11.3. The highest BCUT2D eigenvalue weighted by Crippen LogP contribution is 2.36. The van der Waals surface area contributed by atoms with E-state index in [-0.39, 0.29) is 0 Å². The molecule has 5 nitrogen and oxygen atoms in total. The number of methoxy groups -OCH3 is 2. The third-order valence-corrected chi connectivity index (χ3v) is 5.06. The van der Waals surface area contributed by atoms with Crippen molar-refractivity contribution in [2.75, 3.05) is 14.2 Å². The molecular formula is C21H25NO4S. The third-order valence-electron chi connectivity index (χ3n) is 3.99. The van der Waals surface area contributed by atoms with Crippen LogP contribution >= 0.6 is 11.8 Å². The average molecular weight is 388 g/mol. The van der Waals surface area contributed by atoms with Gasteiger partial charge >= 0.3 is 0 Å². The summed E-state index contributed by atoms with van der Waals surface area (Å²) in [7, 11) is 3.18. The first-order chi connectivity index (χ1) is 13.2. The zero-order valence-corrected chi connectivity index (χ0v) is 16.4. The third kappa shape index (κ3) is 7.00. The van der Waals surface area contributed by atoms with Crippen molar-refractivity contribution in [2.45, 2.75) is 30.6 Å². The van der Waals surface area contributed by atoms with E-state index in [0.29, 0.717) is 11.5 Å². The van der Waals surface area contributed by atoms with E-state index in [1.807, 2.05) is 36.4 Å². The summed E-state index contributed by atoms with van der Waals surface area (Å²) in [6.45, 7) is 0. The quantitative estimate of drug-likeness (QED) is 0.205. The summed E-state index contributed by atoms with van der Waals surface area (Å²) in [5.74, 6) is 0.766. The first-order valence-electron chi connectivity index (χ1n) is 8.74. The zero-order chi connectivity index (χ0) is 19.5. The van der Waals surface area contributed by atoms with Gasteiger partial charge in [0.05, 0.1) is 14.2 Å². The monoisotopic (exact) mass is 387 g/mol. The zero-order valence-electron chi connectivity index (χ0n) is 15.6. The SMILES string of the molecule is COc1ccc(SC(=CC(=O)NO)CCCCc2ccccc2)cc1OC. The Morgan fingerprint density at radius 3 is 2.48 bits per heavy atom. The van der Waals surface area contributed by atoms with Crippen LogP contribution in [-0.2, 0) is 11.2 Å². The Balaban J connectivity index is 1.99. The molecule has 0 saturated carbocycles. The second-order valence-corrected chi connectivity index (χ2v) is 7.10. The summed E-state index contributed by atoms with van der Waals surface area (Å²) in [5.41, 5.74) is 2.97. The first-order valence-corrected chi connectivity index (χ1v) is 9.56. The van der Waals surface area contributed by atoms with E-state index in [4.69, 9.17) is 14.7 Å². The molecule has 0 aromatic heterocycles. The number of hydroxylamine groups is 1. The molecule has 2 aromatic carbocycles. The van der Waals surface area contributed by atoms with Crippen LogP contribution in [0.4, 0.5) is 0 Å². The molecule has 0 heterocycles. The molecule has 0 aliphatic rings. The fourth-order valence-electron chi connectivity index (χ4n) is 2.64. The van der Waals surface area contributed by atoms with Gasteiger partial charge in [0.25, 0.3) is 5.91 Å². The summed E-state index contributed by atoms with van der Waals surface area (Å²) in [6.07, 6.45) is 5.15. The number of amides is 1. The molecule has 2 N–H and O–H groups in total. The van der Waals surface area contributed by atoms with Crippen molar-refractivity contribution in [3.8, 4) is 11.5 Å². The molecule has 0 radical (unpaired) electrons. The summed E-state index contributed by atoms with van der Waals surface area (Å²) in [4.78, 5) is 13.4. The normalized spacial score (nSPS) is 11.1. The Morgan fingerprint density at radius 2 is 1.81 bits per heavy atom. The summed E-state index contributed by atoms with van der Waals surface area (Å²) in [6, 6.07) is 16.0. The smallest absolute Gasteiger partial charge is 0.268 e. The van der Waals surface area contributed by atoms with Crippen LogP contribution in [0.15, 0.2) is 64.4 Å². The molecule has 27 heavy (non-hydrogen) atoms. The van der Waals surface area contributed by atoms with Crippen LogP contribution in [0.1, 0.15) is 24.8 Å². The predicted octanol–water partition coefficient (Wildman–Crippen LogP) is 4.60. The molecule has 0 aliphatic carbocycles. The standard InChI is InChI=1S/C21H25NO4S/c1-25-19-13-12-18(14-20(19)26-2)27-17(15-21(23)22-24)11-7-6-10-16-8-4-3-5-9-16/h3-5,8-9,12-15,24H,6-7,10-11H2,1-2H3,(H,22,23). The van der Waals surface area contributed by atoms with Gasteiger partial charge in [-0.15, -0.1) is 0 Å². The van der Waals surface area contributed by atoms with Crippen LogP contribution < -0.4 is 15.0 Å². The van der Waals surface area contributed by atoms with Gasteiger partial charge in [-0.1, -0.05) is 42.1 Å². The van der Waals surface area contributed by atoms with E-state index >= 15 is 0 Å². The number of unbranched alkanes of at least 4 members (excludes halogenated alkanes) is 1. The Labute approximate surface area is 164 Å². The molecule has 1 amide bonds. The van der Waals surface area contributed by atoms with Gasteiger partial charge in [0.15, 0.2) is 11.5 Å². The number of hydrogen-bond donors (Lipinski definition) is 2. The molecule has 0 unspecified atom stereocenters. The number of aryl methyl sites for hydroxylation is 1. The number of carbonyl (C=O) groups is 1. The largest absolute Gasteiger partial charge is 0.493 e. The summed E-state index contributed by atoms with van der Waals surface area (Å²) in [5, 5.41) is 8.83. The van der Waals surface area contributed by atoms with Crippen LogP contribution in [0.25, 0.3) is 0 Å². The van der Waals surface area contributed by atoms with Gasteiger partial charge in [0.1, 0.15) is 0 Å². The van der Waals surface area contributed by atoms with E-state index in [2.05, 4.69) is 12.1 Å². The molecule has 2 rings (SSSR count). The first kappa shape index (κ1) is 20.9. The molecule has 0 bridgehead atoms. The fourth-order valence-corrected chi connectivity index (χ4v) is 3.65. The Bertz CT molecular complexity index is 762. The lowest BCUT2D eigenvalue weighted by molar-refractivity contribution is -0.124. The number of allylic oxidation sites excluding steroid dienone is 1. The number of ether oxygens (including phenoxy) is 2. The van der Waals surface area contributed by atoms with Gasteiger partial charge < -0.3 is 9.47 Å². The second-order valence-electron chi connectivity index (χ2n) is 5.90. The van der Waals surface area contributed by atoms with Gasteiger partial charge in [-0.2, -0.15) is 0 Å². The Kier molecular flexibility index (Phi) is 8.74. The predicted molar refractivity (Wildman–Crippen MR) is 107 cm³/mol. The van der Waals surface area contributed by atoms with E-state index in [0.717, 1.165) is 35.5 Å². The van der Waals surface area contributed by atoms with Gasteiger partial charge in [-0.25, -0.2) is 5.48 Å². The van der Waals surface area contributed by atoms with Crippen LogP contribution in [-0.4, -0.2) is 25.3 Å². The maximum atomic E-state index is 11.6. The van der Waals surface area contributed by atoms with Crippen molar-refractivity contribution in [3.63, 3.8) is 0 Å². The van der Waals surface area contributed by atoms with E-state index < -0.39 is 5.91 Å². The number of rotatable bonds is 10. The van der Waals surface area contributed by atoms with Gasteiger partial charge in [0.2, 0.25) is 0 Å². The van der Waals surface area contributed by atoms with Crippen molar-refractivity contribution < 1.29 is 19.5 Å². The molecule has 0 spiro atoms. The number of carbonyl (C=O) groups excluding carboxylic acids is 1. The molecule has 144 valence electrons. The molecule has 0 fully saturated rings. The minimum absolute atomic E-state index is 0.527. The minimum Gasteiger partial charge on any atom is -0.493 e. The van der Waals surface area contributed by atoms with E-state index in [9.17, 15) is 4.79 Å². The molecule has 6 heteroatoms. The van der Waals surface area contributed by atoms with Crippen LogP contribution in [0, 0.1) is 0 Å². The Morgan fingerprint density at radius 1 is 1.07 bits per heavy atom. The lowest BCUT2D eigenvalue weighted by Gasteiger charge is -2.11. The maximum absolute atomic E-state index is 11.6. The highest BCUT2D eigenvalue weighted by molar-refractivity contribution is 8.03. The fraction of sp³-hybridized carbons (Fsp3) is 0.286. The van der Waals surface area contributed by atoms with Crippen molar-refractivity contribution in [2.24, 2.45) is 0 Å². The highest BCUT2D eigenvalue weighted by Gasteiger charge is 2.09. The molecule has 2 aromatic rings. The number of benzene rings is 2. The average Bonchev–Trinajstić information content (AvgIpc) is 2.71. The van der Waals surface area contributed by atoms with Crippen molar-refractivity contribution in [1.82, 2.24) is 5.48 Å². The Hall–Kier alpha value is -2.44. The topological polar surface area (TPSA) is 67.8 Å². The highest BCUT2D eigenvalue weighted by atomic mass is 32.2. The van der Waals surface area contributed by atoms with Gasteiger partial charge in [-0.05, 0) is 54.4 Å². The van der Waals surface area contributed by atoms with Gasteiger partial charge in [-0.3, -0.25) is 10.0 Å². The number of thioether (sulfide) groups is 1. The van der Waals surface area contributed by atoms with Crippen LogP contribution in [0.3, 0.4) is 0 Å². The molecule has 0 atom stereocenters. The summed E-state index contributed by atoms with van der Waals surface area (Å²) < 4.78 is 10.6. The maximum Gasteiger partial charge on any atom is 0.268 e. The van der Waals surface area contributed by atoms with Crippen molar-refractivity contribution >= 4 is 17.7 Å². The lowest BCUT2D eigenvalue weighted by atomic mass is 10.1. The van der Waals surface area contributed by atoms with Crippen molar-refractivity contribution in [1.29, 1.82) is 0 Å². The molecular weight excluding hydrogens is 362 g/mol. The van der Waals surface area contributed by atoms with Gasteiger partial charge in [0, 0.05) is 11.0 Å². The number of hydrogen-bond acceptors (Lipinski definition) is 5. The van der Waals surface area contributed by atoms with Crippen LogP contribution in [0.2, 0.25) is 0 Å². The van der Waals surface area contributed by atoms with E-state index in [1.165, 1.54) is 23.4 Å². The minimum atomic E-state index is -0.527. The lowest BCUT2D eigenvalue weighted by Crippen LogP contribution is -2.15. The van der Waals surface area contributed by atoms with Crippen molar-refractivity contribution in [3.05, 3.63) is 65.1 Å². The van der Waals surface area contributed by atoms with Crippen LogP contribution in [0.5, 0.6) is 11.5 Å². The summed E-state index contributed by atoms with van der Waals surface area (Å²) >= 11 is 1.48. The molecule has 0 saturated heterocycles. The molecule has 0 aliphatic heterocycles. The van der Waals surface area contributed by atoms with E-state index in [1.54, 1.807) is 19.7 Å². The number of nitrogens with one attached hydrogen (secondary N) is 1.